The Morgan fingerprint density at radius 2 is 1.81 bits per heavy atom. The van der Waals surface area contributed by atoms with Crippen LogP contribution in [0.5, 0.6) is 0 Å². The highest BCUT2D eigenvalue weighted by molar-refractivity contribution is 5.97. The zero-order valence-corrected chi connectivity index (χ0v) is 18.2. The lowest BCUT2D eigenvalue weighted by molar-refractivity contribution is -0.138. The van der Waals surface area contributed by atoms with Crippen LogP contribution in [0.25, 0.3) is 0 Å². The SMILES string of the molecule is CCC(C)C(NC(=O)c1ccccc1)C(=O)N1CCC(C(=O)NCc2ccco2)CC1. The summed E-state index contributed by atoms with van der Waals surface area (Å²) in [5.74, 6) is 0.264. The van der Waals surface area contributed by atoms with E-state index in [0.29, 0.717) is 43.8 Å². The fourth-order valence-electron chi connectivity index (χ4n) is 3.79. The molecule has 1 aliphatic heterocycles. The first-order valence-electron chi connectivity index (χ1n) is 10.9. The molecule has 0 radical (unpaired) electrons. The lowest BCUT2D eigenvalue weighted by Crippen LogP contribution is -2.54. The third kappa shape index (κ3) is 5.96. The predicted molar refractivity (Wildman–Crippen MR) is 117 cm³/mol. The van der Waals surface area contributed by atoms with Gasteiger partial charge in [0.25, 0.3) is 5.91 Å². The number of hydrogen-bond acceptors (Lipinski definition) is 4. The fraction of sp³-hybridized carbons (Fsp3) is 0.458. The minimum Gasteiger partial charge on any atom is -0.467 e. The summed E-state index contributed by atoms with van der Waals surface area (Å²) in [6, 6.07) is 12.0. The minimum absolute atomic E-state index is 0.00878. The molecule has 166 valence electrons. The molecule has 0 aliphatic carbocycles. The molecule has 2 aromatic rings. The van der Waals surface area contributed by atoms with Crippen molar-refractivity contribution in [1.29, 1.82) is 0 Å². The summed E-state index contributed by atoms with van der Waals surface area (Å²) in [6.07, 6.45) is 3.57. The van der Waals surface area contributed by atoms with Crippen molar-refractivity contribution in [3.05, 3.63) is 60.1 Å². The first-order chi connectivity index (χ1) is 15.0. The van der Waals surface area contributed by atoms with E-state index in [9.17, 15) is 14.4 Å². The molecule has 1 aromatic heterocycles. The van der Waals surface area contributed by atoms with Gasteiger partial charge in [0.15, 0.2) is 0 Å². The van der Waals surface area contributed by atoms with Crippen LogP contribution >= 0.6 is 0 Å². The number of carbonyl (C=O) groups excluding carboxylic acids is 3. The monoisotopic (exact) mass is 425 g/mol. The van der Waals surface area contributed by atoms with E-state index in [-0.39, 0.29) is 29.6 Å². The second kappa shape index (κ2) is 10.8. The Hall–Kier alpha value is -3.09. The molecule has 3 rings (SSSR count). The third-order valence-electron chi connectivity index (χ3n) is 6.00. The number of piperidine rings is 1. The highest BCUT2D eigenvalue weighted by Gasteiger charge is 2.33. The van der Waals surface area contributed by atoms with E-state index in [1.807, 2.05) is 26.0 Å². The number of amides is 3. The highest BCUT2D eigenvalue weighted by Crippen LogP contribution is 2.21. The lowest BCUT2D eigenvalue weighted by atomic mass is 9.93. The van der Waals surface area contributed by atoms with Crippen molar-refractivity contribution in [2.75, 3.05) is 13.1 Å². The van der Waals surface area contributed by atoms with Crippen LogP contribution in [0, 0.1) is 11.8 Å². The zero-order valence-electron chi connectivity index (χ0n) is 18.2. The number of furan rings is 1. The second-order valence-corrected chi connectivity index (χ2v) is 8.10. The molecule has 1 aromatic carbocycles. The summed E-state index contributed by atoms with van der Waals surface area (Å²) >= 11 is 0. The maximum atomic E-state index is 13.2. The summed E-state index contributed by atoms with van der Waals surface area (Å²) < 4.78 is 5.24. The van der Waals surface area contributed by atoms with E-state index >= 15 is 0 Å². The molecule has 3 amide bonds. The quantitative estimate of drug-likeness (QED) is 0.680. The van der Waals surface area contributed by atoms with Crippen LogP contribution in [0.15, 0.2) is 53.1 Å². The third-order valence-corrected chi connectivity index (χ3v) is 6.00. The van der Waals surface area contributed by atoms with Gasteiger partial charge < -0.3 is 20.0 Å². The van der Waals surface area contributed by atoms with E-state index in [2.05, 4.69) is 10.6 Å². The van der Waals surface area contributed by atoms with Crippen molar-refractivity contribution in [2.45, 2.75) is 45.7 Å². The number of rotatable bonds is 8. The van der Waals surface area contributed by atoms with Crippen molar-refractivity contribution in [1.82, 2.24) is 15.5 Å². The molecule has 7 heteroatoms. The Labute approximate surface area is 183 Å². The largest absolute Gasteiger partial charge is 0.467 e. The van der Waals surface area contributed by atoms with E-state index in [4.69, 9.17) is 4.42 Å². The highest BCUT2D eigenvalue weighted by atomic mass is 16.3. The number of carbonyl (C=O) groups is 3. The van der Waals surface area contributed by atoms with E-state index < -0.39 is 6.04 Å². The van der Waals surface area contributed by atoms with Crippen LogP contribution in [0.2, 0.25) is 0 Å². The van der Waals surface area contributed by atoms with Crippen molar-refractivity contribution in [3.8, 4) is 0 Å². The smallest absolute Gasteiger partial charge is 0.251 e. The van der Waals surface area contributed by atoms with Gasteiger partial charge in [-0.25, -0.2) is 0 Å². The fourth-order valence-corrected chi connectivity index (χ4v) is 3.79. The van der Waals surface area contributed by atoms with Gasteiger partial charge in [-0.15, -0.1) is 0 Å². The Morgan fingerprint density at radius 1 is 1.10 bits per heavy atom. The molecule has 0 spiro atoms. The Balaban J connectivity index is 1.54. The van der Waals surface area contributed by atoms with Gasteiger partial charge in [-0.1, -0.05) is 38.5 Å². The van der Waals surface area contributed by atoms with E-state index in [1.165, 1.54) is 0 Å². The van der Waals surface area contributed by atoms with Crippen molar-refractivity contribution < 1.29 is 18.8 Å². The van der Waals surface area contributed by atoms with E-state index in [0.717, 1.165) is 6.42 Å². The average molecular weight is 426 g/mol. The molecular weight excluding hydrogens is 394 g/mol. The van der Waals surface area contributed by atoms with E-state index in [1.54, 1.807) is 41.5 Å². The number of nitrogens with one attached hydrogen (secondary N) is 2. The van der Waals surface area contributed by atoms with Crippen molar-refractivity contribution in [3.63, 3.8) is 0 Å². The van der Waals surface area contributed by atoms with Crippen LogP contribution < -0.4 is 10.6 Å². The molecule has 1 fully saturated rings. The van der Waals surface area contributed by atoms with Crippen LogP contribution in [-0.4, -0.2) is 41.8 Å². The van der Waals surface area contributed by atoms with Crippen LogP contribution in [-0.2, 0) is 16.1 Å². The first-order valence-corrected chi connectivity index (χ1v) is 10.9. The second-order valence-electron chi connectivity index (χ2n) is 8.10. The first kappa shape index (κ1) is 22.6. The van der Waals surface area contributed by atoms with Crippen molar-refractivity contribution >= 4 is 17.7 Å². The molecule has 2 atom stereocenters. The topological polar surface area (TPSA) is 91.7 Å². The average Bonchev–Trinajstić information content (AvgIpc) is 3.34. The summed E-state index contributed by atoms with van der Waals surface area (Å²) in [4.78, 5) is 40.1. The van der Waals surface area contributed by atoms with Crippen LogP contribution in [0.1, 0.15) is 49.2 Å². The van der Waals surface area contributed by atoms with Crippen LogP contribution in [0.3, 0.4) is 0 Å². The molecular formula is C24H31N3O4. The molecule has 0 bridgehead atoms. The standard InChI is InChI=1S/C24H31N3O4/c1-3-17(2)21(26-23(29)18-8-5-4-6-9-18)24(30)27-13-11-19(12-14-27)22(28)25-16-20-10-7-15-31-20/h4-10,15,17,19,21H,3,11-14,16H2,1-2H3,(H,25,28)(H,26,29). The number of nitrogens with zero attached hydrogens (tertiary/aromatic N) is 1. The molecule has 0 saturated carbocycles. The number of likely N-dealkylation sites (tertiary alicyclic amines) is 1. The summed E-state index contributed by atoms with van der Waals surface area (Å²) in [6.45, 7) is 5.36. The van der Waals surface area contributed by atoms with Gasteiger partial charge in [-0.3, -0.25) is 14.4 Å². The minimum atomic E-state index is -0.581. The molecule has 2 unspecified atom stereocenters. The van der Waals surface area contributed by atoms with Gasteiger partial charge in [-0.2, -0.15) is 0 Å². The van der Waals surface area contributed by atoms with Gasteiger partial charge >= 0.3 is 0 Å². The molecule has 2 heterocycles. The Morgan fingerprint density at radius 3 is 2.42 bits per heavy atom. The van der Waals surface area contributed by atoms with Gasteiger partial charge in [0.1, 0.15) is 11.8 Å². The lowest BCUT2D eigenvalue weighted by Gasteiger charge is -2.35. The summed E-state index contributed by atoms with van der Waals surface area (Å²) in [5, 5.41) is 5.83. The molecule has 31 heavy (non-hydrogen) atoms. The van der Waals surface area contributed by atoms with Crippen molar-refractivity contribution in [2.24, 2.45) is 11.8 Å². The maximum Gasteiger partial charge on any atom is 0.251 e. The molecule has 2 N–H and O–H groups in total. The normalized spacial score (nSPS) is 16.4. The summed E-state index contributed by atoms with van der Waals surface area (Å²) in [7, 11) is 0. The molecule has 1 saturated heterocycles. The van der Waals surface area contributed by atoms with Gasteiger partial charge in [-0.05, 0) is 43.0 Å². The summed E-state index contributed by atoms with van der Waals surface area (Å²) in [5.41, 5.74) is 0.538. The Bertz CT molecular complexity index is 858. The predicted octanol–water partition coefficient (Wildman–Crippen LogP) is 2.98. The number of hydrogen-bond donors (Lipinski definition) is 2. The molecule has 7 nitrogen and oxygen atoms in total. The van der Waals surface area contributed by atoms with Gasteiger partial charge in [0.05, 0.1) is 12.8 Å². The zero-order chi connectivity index (χ0) is 22.2. The van der Waals surface area contributed by atoms with Gasteiger partial charge in [0, 0.05) is 24.6 Å². The number of benzene rings is 1. The van der Waals surface area contributed by atoms with Gasteiger partial charge in [0.2, 0.25) is 11.8 Å². The maximum absolute atomic E-state index is 13.2. The Kier molecular flexibility index (Phi) is 7.87. The van der Waals surface area contributed by atoms with Crippen LogP contribution in [0.4, 0.5) is 0 Å². The molecule has 1 aliphatic rings.